The van der Waals surface area contributed by atoms with Gasteiger partial charge >= 0.3 is 6.18 Å². The maximum Gasteiger partial charge on any atom is 0.401 e. The smallest absolute Gasteiger partial charge is 0.314 e. The molecule has 2 nitrogen and oxygen atoms in total. The van der Waals surface area contributed by atoms with Crippen molar-refractivity contribution >= 4 is 15.9 Å². The van der Waals surface area contributed by atoms with Gasteiger partial charge in [0.1, 0.15) is 0 Å². The van der Waals surface area contributed by atoms with Crippen LogP contribution >= 0.6 is 15.9 Å². The van der Waals surface area contributed by atoms with E-state index in [4.69, 9.17) is 0 Å². The Morgan fingerprint density at radius 3 is 2.52 bits per heavy atom. The highest BCUT2D eigenvalue weighted by Gasteiger charge is 2.35. The molecule has 1 saturated heterocycles. The molecular formula is C17H22BrF3N2. The van der Waals surface area contributed by atoms with E-state index in [1.807, 2.05) is 0 Å². The fourth-order valence-corrected chi connectivity index (χ4v) is 3.87. The zero-order valence-corrected chi connectivity index (χ0v) is 14.5. The lowest BCUT2D eigenvalue weighted by Gasteiger charge is -2.37. The normalized spacial score (nSPS) is 28.8. The molecule has 1 aromatic rings. The van der Waals surface area contributed by atoms with Gasteiger partial charge in [-0.1, -0.05) is 28.1 Å². The Kier molecular flexibility index (Phi) is 5.33. The van der Waals surface area contributed by atoms with E-state index in [0.29, 0.717) is 31.0 Å². The third-order valence-electron chi connectivity index (χ3n) is 4.95. The molecule has 6 heteroatoms. The van der Waals surface area contributed by atoms with Gasteiger partial charge in [-0.25, -0.2) is 0 Å². The first-order valence-electron chi connectivity index (χ1n) is 8.17. The average Bonchev–Trinajstić information content (AvgIpc) is 2.84. The monoisotopic (exact) mass is 390 g/mol. The van der Waals surface area contributed by atoms with E-state index in [1.165, 1.54) is 10.5 Å². The lowest BCUT2D eigenvalue weighted by molar-refractivity contribution is -0.143. The summed E-state index contributed by atoms with van der Waals surface area (Å²) < 4.78 is 38.2. The molecule has 3 rings (SSSR count). The second-order valence-corrected chi connectivity index (χ2v) is 7.75. The van der Waals surface area contributed by atoms with Crippen molar-refractivity contribution in [2.24, 2.45) is 5.92 Å². The van der Waals surface area contributed by atoms with Gasteiger partial charge in [-0.15, -0.1) is 0 Å². The third-order valence-corrected chi connectivity index (χ3v) is 5.48. The lowest BCUT2D eigenvalue weighted by atomic mass is 9.76. The standard InChI is InChI=1S/C17H22BrF3N2/c18-15-3-1-13(2-4-15)14-7-16(8-14)22-9-12-5-6-23(10-12)11-17(19,20)21/h1-4,12,14,16,22H,5-11H2. The van der Waals surface area contributed by atoms with Gasteiger partial charge < -0.3 is 5.32 Å². The highest BCUT2D eigenvalue weighted by Crippen LogP contribution is 2.37. The molecule has 1 atom stereocenters. The summed E-state index contributed by atoms with van der Waals surface area (Å²) in [5.74, 6) is 0.968. The van der Waals surface area contributed by atoms with Gasteiger partial charge in [0.05, 0.1) is 6.54 Å². The molecule has 1 N–H and O–H groups in total. The maximum atomic E-state index is 12.4. The Bertz CT molecular complexity index is 512. The number of rotatable bonds is 5. The summed E-state index contributed by atoms with van der Waals surface area (Å²) in [7, 11) is 0. The van der Waals surface area contributed by atoms with Gasteiger partial charge in [0.15, 0.2) is 0 Å². The minimum atomic E-state index is -4.08. The van der Waals surface area contributed by atoms with Crippen LogP contribution in [0, 0.1) is 5.92 Å². The first-order chi connectivity index (χ1) is 10.9. The highest BCUT2D eigenvalue weighted by molar-refractivity contribution is 9.10. The molecule has 2 fully saturated rings. The molecule has 0 radical (unpaired) electrons. The van der Waals surface area contributed by atoms with Crippen LogP contribution in [0.4, 0.5) is 13.2 Å². The molecule has 0 bridgehead atoms. The van der Waals surface area contributed by atoms with Crippen molar-refractivity contribution in [1.82, 2.24) is 10.2 Å². The van der Waals surface area contributed by atoms with Crippen LogP contribution in [0.1, 0.15) is 30.7 Å². The van der Waals surface area contributed by atoms with Crippen LogP contribution in [-0.2, 0) is 0 Å². The van der Waals surface area contributed by atoms with Crippen LogP contribution in [0.5, 0.6) is 0 Å². The van der Waals surface area contributed by atoms with Crippen LogP contribution in [0.3, 0.4) is 0 Å². The number of nitrogens with zero attached hydrogens (tertiary/aromatic N) is 1. The summed E-state index contributed by atoms with van der Waals surface area (Å²) in [5, 5.41) is 3.54. The molecule has 2 aliphatic rings. The van der Waals surface area contributed by atoms with E-state index in [-0.39, 0.29) is 0 Å². The maximum absolute atomic E-state index is 12.4. The van der Waals surface area contributed by atoms with Crippen molar-refractivity contribution in [2.45, 2.75) is 37.4 Å². The first-order valence-corrected chi connectivity index (χ1v) is 8.96. The van der Waals surface area contributed by atoms with Gasteiger partial charge in [0.2, 0.25) is 0 Å². The minimum Gasteiger partial charge on any atom is -0.314 e. The fourth-order valence-electron chi connectivity index (χ4n) is 3.60. The van der Waals surface area contributed by atoms with E-state index in [9.17, 15) is 13.2 Å². The zero-order valence-electron chi connectivity index (χ0n) is 13.0. The molecule has 1 aromatic carbocycles. The number of hydrogen-bond donors (Lipinski definition) is 1. The molecular weight excluding hydrogens is 369 g/mol. The second-order valence-electron chi connectivity index (χ2n) is 6.83. The first kappa shape index (κ1) is 17.2. The van der Waals surface area contributed by atoms with E-state index in [0.717, 1.165) is 30.3 Å². The number of likely N-dealkylation sites (tertiary alicyclic amines) is 1. The predicted molar refractivity (Wildman–Crippen MR) is 88.5 cm³/mol. The van der Waals surface area contributed by atoms with Crippen molar-refractivity contribution in [1.29, 1.82) is 0 Å². The SMILES string of the molecule is FC(F)(F)CN1CCC(CNC2CC(c3ccc(Br)cc3)C2)C1. The van der Waals surface area contributed by atoms with Crippen molar-refractivity contribution in [2.75, 3.05) is 26.2 Å². The van der Waals surface area contributed by atoms with Gasteiger partial charge in [-0.3, -0.25) is 4.90 Å². The Morgan fingerprint density at radius 2 is 1.87 bits per heavy atom. The summed E-state index contributed by atoms with van der Waals surface area (Å²) >= 11 is 3.45. The van der Waals surface area contributed by atoms with Gasteiger partial charge in [-0.05, 0) is 61.9 Å². The Balaban J connectivity index is 1.34. The van der Waals surface area contributed by atoms with Crippen LogP contribution in [0.25, 0.3) is 0 Å². The van der Waals surface area contributed by atoms with Crippen LogP contribution in [-0.4, -0.2) is 43.3 Å². The Labute approximate surface area is 143 Å². The second kappa shape index (κ2) is 7.11. The fraction of sp³-hybridized carbons (Fsp3) is 0.647. The Hall–Kier alpha value is -0.590. The molecule has 0 spiro atoms. The van der Waals surface area contributed by atoms with Crippen LogP contribution in [0.15, 0.2) is 28.7 Å². The van der Waals surface area contributed by atoms with Gasteiger partial charge in [0, 0.05) is 17.1 Å². The molecule has 1 heterocycles. The van der Waals surface area contributed by atoms with Crippen LogP contribution < -0.4 is 5.32 Å². The zero-order chi connectivity index (χ0) is 16.4. The summed E-state index contributed by atoms with van der Waals surface area (Å²) in [6.45, 7) is 1.21. The average molecular weight is 391 g/mol. The molecule has 1 saturated carbocycles. The van der Waals surface area contributed by atoms with Crippen molar-refractivity contribution in [3.8, 4) is 0 Å². The number of halogens is 4. The topological polar surface area (TPSA) is 15.3 Å². The highest BCUT2D eigenvalue weighted by atomic mass is 79.9. The quantitative estimate of drug-likeness (QED) is 0.811. The van der Waals surface area contributed by atoms with E-state index >= 15 is 0 Å². The molecule has 1 aliphatic carbocycles. The number of benzene rings is 1. The molecule has 1 unspecified atom stereocenters. The summed E-state index contributed by atoms with van der Waals surface area (Å²) in [5.41, 5.74) is 1.38. The predicted octanol–water partition coefficient (Wildman–Crippen LogP) is 4.17. The van der Waals surface area contributed by atoms with Crippen molar-refractivity contribution in [3.05, 3.63) is 34.3 Å². The molecule has 23 heavy (non-hydrogen) atoms. The largest absolute Gasteiger partial charge is 0.401 e. The van der Waals surface area contributed by atoms with Gasteiger partial charge in [0.25, 0.3) is 0 Å². The summed E-state index contributed by atoms with van der Waals surface area (Å²) in [6.07, 6.45) is -0.957. The van der Waals surface area contributed by atoms with Crippen molar-refractivity contribution in [3.63, 3.8) is 0 Å². The summed E-state index contributed by atoms with van der Waals surface area (Å²) in [4.78, 5) is 1.53. The summed E-state index contributed by atoms with van der Waals surface area (Å²) in [6, 6.07) is 8.99. The number of hydrogen-bond acceptors (Lipinski definition) is 2. The molecule has 128 valence electrons. The number of nitrogens with one attached hydrogen (secondary N) is 1. The third kappa shape index (κ3) is 4.94. The molecule has 0 amide bonds. The molecule has 0 aromatic heterocycles. The van der Waals surface area contributed by atoms with Crippen molar-refractivity contribution < 1.29 is 13.2 Å². The van der Waals surface area contributed by atoms with E-state index < -0.39 is 12.7 Å². The number of alkyl halides is 3. The van der Waals surface area contributed by atoms with Gasteiger partial charge in [-0.2, -0.15) is 13.2 Å². The molecule has 1 aliphatic heterocycles. The van der Waals surface area contributed by atoms with E-state index in [1.54, 1.807) is 0 Å². The van der Waals surface area contributed by atoms with Crippen LogP contribution in [0.2, 0.25) is 0 Å². The lowest BCUT2D eigenvalue weighted by Crippen LogP contribution is -2.42. The Morgan fingerprint density at radius 1 is 1.17 bits per heavy atom. The van der Waals surface area contributed by atoms with E-state index in [2.05, 4.69) is 45.5 Å². The minimum absolute atomic E-state index is 0.351.